The van der Waals surface area contributed by atoms with Crippen LogP contribution >= 0.6 is 0 Å². The molecule has 0 saturated heterocycles. The summed E-state index contributed by atoms with van der Waals surface area (Å²) in [5, 5.41) is 4.92. The second-order valence-electron chi connectivity index (χ2n) is 6.01. The molecule has 1 unspecified atom stereocenters. The summed E-state index contributed by atoms with van der Waals surface area (Å²) >= 11 is 0. The maximum absolute atomic E-state index is 12.6. The molecule has 2 aromatic carbocycles. The Hall–Kier alpha value is -3.08. The van der Waals surface area contributed by atoms with Gasteiger partial charge in [0, 0.05) is 13.6 Å². The van der Waals surface area contributed by atoms with Crippen LogP contribution in [0.5, 0.6) is 0 Å². The van der Waals surface area contributed by atoms with Crippen LogP contribution in [-0.2, 0) is 11.3 Å². The van der Waals surface area contributed by atoms with Gasteiger partial charge in [0.15, 0.2) is 5.76 Å². The lowest BCUT2D eigenvalue weighted by Gasteiger charge is -2.22. The highest BCUT2D eigenvalue weighted by molar-refractivity contribution is 5.95. The Morgan fingerprint density at radius 2 is 1.84 bits per heavy atom. The third-order valence-electron chi connectivity index (χ3n) is 4.13. The van der Waals surface area contributed by atoms with Crippen molar-refractivity contribution in [1.82, 2.24) is 10.2 Å². The third kappa shape index (κ3) is 3.71. The highest BCUT2D eigenvalue weighted by atomic mass is 16.3. The Morgan fingerprint density at radius 1 is 1.08 bits per heavy atom. The van der Waals surface area contributed by atoms with Crippen LogP contribution in [0.1, 0.15) is 23.0 Å². The average molecular weight is 336 g/mol. The Labute approximate surface area is 146 Å². The quantitative estimate of drug-likeness (QED) is 0.778. The largest absolute Gasteiger partial charge is 0.459 e. The van der Waals surface area contributed by atoms with Crippen molar-refractivity contribution < 1.29 is 14.0 Å². The number of likely N-dealkylation sites (N-methyl/N-ethyl adjacent to an activating group) is 1. The van der Waals surface area contributed by atoms with Crippen molar-refractivity contribution in [3.63, 3.8) is 0 Å². The summed E-state index contributed by atoms with van der Waals surface area (Å²) in [6.07, 6.45) is 1.42. The third-order valence-corrected chi connectivity index (χ3v) is 4.13. The second-order valence-corrected chi connectivity index (χ2v) is 6.01. The molecule has 3 aromatic rings. The molecule has 1 atom stereocenters. The molecule has 25 heavy (non-hydrogen) atoms. The van der Waals surface area contributed by atoms with Crippen LogP contribution in [0.25, 0.3) is 10.8 Å². The fourth-order valence-electron chi connectivity index (χ4n) is 2.83. The predicted octanol–water partition coefficient (Wildman–Crippen LogP) is 3.21. The van der Waals surface area contributed by atoms with E-state index in [1.165, 1.54) is 6.26 Å². The van der Waals surface area contributed by atoms with Crippen molar-refractivity contribution in [3.8, 4) is 0 Å². The van der Waals surface area contributed by atoms with Gasteiger partial charge in [0.25, 0.3) is 5.91 Å². The number of furan rings is 1. The molecule has 2 amide bonds. The minimum absolute atomic E-state index is 0.159. The molecular weight excluding hydrogens is 316 g/mol. The van der Waals surface area contributed by atoms with Crippen molar-refractivity contribution in [2.24, 2.45) is 0 Å². The number of fused-ring (bicyclic) bond motifs is 1. The van der Waals surface area contributed by atoms with Gasteiger partial charge >= 0.3 is 0 Å². The molecule has 0 aliphatic heterocycles. The normalized spacial score (nSPS) is 11.9. The van der Waals surface area contributed by atoms with Gasteiger partial charge in [0.1, 0.15) is 6.04 Å². The number of rotatable bonds is 5. The van der Waals surface area contributed by atoms with Crippen molar-refractivity contribution in [3.05, 3.63) is 72.2 Å². The molecule has 0 radical (unpaired) electrons. The zero-order valence-electron chi connectivity index (χ0n) is 14.2. The summed E-state index contributed by atoms with van der Waals surface area (Å²) in [4.78, 5) is 26.2. The van der Waals surface area contributed by atoms with E-state index in [1.54, 1.807) is 31.0 Å². The van der Waals surface area contributed by atoms with Gasteiger partial charge in [-0.1, -0.05) is 42.5 Å². The smallest absolute Gasteiger partial charge is 0.287 e. The van der Waals surface area contributed by atoms with Crippen molar-refractivity contribution >= 4 is 22.6 Å². The lowest BCUT2D eigenvalue weighted by Crippen LogP contribution is -2.45. The van der Waals surface area contributed by atoms with Crippen molar-refractivity contribution in [2.75, 3.05) is 7.05 Å². The SMILES string of the molecule is CC(NC(=O)c1ccco1)C(=O)N(C)Cc1cccc2ccccc12. The predicted molar refractivity (Wildman–Crippen MR) is 96.1 cm³/mol. The number of hydrogen-bond acceptors (Lipinski definition) is 3. The summed E-state index contributed by atoms with van der Waals surface area (Å²) < 4.78 is 5.04. The van der Waals surface area contributed by atoms with Gasteiger partial charge in [-0.3, -0.25) is 9.59 Å². The molecule has 0 fully saturated rings. The van der Waals surface area contributed by atoms with E-state index in [1.807, 2.05) is 42.5 Å². The fraction of sp³-hybridized carbons (Fsp3) is 0.200. The number of carbonyl (C=O) groups excluding carboxylic acids is 2. The van der Waals surface area contributed by atoms with Gasteiger partial charge in [0.2, 0.25) is 5.91 Å². The number of nitrogens with one attached hydrogen (secondary N) is 1. The van der Waals surface area contributed by atoms with Crippen molar-refractivity contribution in [1.29, 1.82) is 0 Å². The zero-order valence-corrected chi connectivity index (χ0v) is 14.2. The fourth-order valence-corrected chi connectivity index (χ4v) is 2.83. The van der Waals surface area contributed by atoms with Crippen molar-refractivity contribution in [2.45, 2.75) is 19.5 Å². The summed E-state index contributed by atoms with van der Waals surface area (Å²) in [6, 6.07) is 16.7. The monoisotopic (exact) mass is 336 g/mol. The maximum atomic E-state index is 12.6. The Morgan fingerprint density at radius 3 is 2.60 bits per heavy atom. The lowest BCUT2D eigenvalue weighted by molar-refractivity contribution is -0.132. The van der Waals surface area contributed by atoms with Crippen LogP contribution < -0.4 is 5.32 Å². The maximum Gasteiger partial charge on any atom is 0.287 e. The first-order valence-electron chi connectivity index (χ1n) is 8.12. The number of nitrogens with zero attached hydrogens (tertiary/aromatic N) is 1. The zero-order chi connectivity index (χ0) is 17.8. The first-order valence-corrected chi connectivity index (χ1v) is 8.12. The Balaban J connectivity index is 1.68. The molecule has 1 aromatic heterocycles. The van der Waals surface area contributed by atoms with Crippen LogP contribution in [0, 0.1) is 0 Å². The number of benzene rings is 2. The average Bonchev–Trinajstić information content (AvgIpc) is 3.16. The summed E-state index contributed by atoms with van der Waals surface area (Å²) in [6.45, 7) is 2.14. The van der Waals surface area contributed by atoms with Gasteiger partial charge in [0.05, 0.1) is 6.26 Å². The number of hydrogen-bond donors (Lipinski definition) is 1. The topological polar surface area (TPSA) is 62.6 Å². The summed E-state index contributed by atoms with van der Waals surface area (Å²) in [5.41, 5.74) is 1.07. The number of carbonyl (C=O) groups is 2. The van der Waals surface area contributed by atoms with Crippen LogP contribution in [0.3, 0.4) is 0 Å². The first-order chi connectivity index (χ1) is 12.1. The minimum Gasteiger partial charge on any atom is -0.459 e. The van der Waals surface area contributed by atoms with E-state index >= 15 is 0 Å². The van der Waals surface area contributed by atoms with Crippen LogP contribution in [0.2, 0.25) is 0 Å². The van der Waals surface area contributed by atoms with E-state index in [2.05, 4.69) is 5.32 Å². The summed E-state index contributed by atoms with van der Waals surface area (Å²) in [7, 11) is 1.74. The molecule has 5 nitrogen and oxygen atoms in total. The highest BCUT2D eigenvalue weighted by Gasteiger charge is 2.21. The van der Waals surface area contributed by atoms with Gasteiger partial charge in [-0.15, -0.1) is 0 Å². The second kappa shape index (κ2) is 7.21. The standard InChI is InChI=1S/C20H20N2O3/c1-14(21-19(23)18-11-6-12-25-18)20(24)22(2)13-16-9-5-8-15-7-3-4-10-17(15)16/h3-12,14H,13H2,1-2H3,(H,21,23). The molecule has 5 heteroatoms. The molecule has 0 aliphatic rings. The molecule has 0 bridgehead atoms. The van der Waals surface area contributed by atoms with Gasteiger partial charge in [-0.25, -0.2) is 0 Å². The molecule has 128 valence electrons. The molecule has 3 rings (SSSR count). The van der Waals surface area contributed by atoms with Gasteiger partial charge < -0.3 is 14.6 Å². The molecule has 0 spiro atoms. The highest BCUT2D eigenvalue weighted by Crippen LogP contribution is 2.19. The minimum atomic E-state index is -0.641. The van der Waals surface area contributed by atoms with Gasteiger partial charge in [-0.2, -0.15) is 0 Å². The molecule has 1 heterocycles. The van der Waals surface area contributed by atoms with E-state index in [0.717, 1.165) is 16.3 Å². The van der Waals surface area contributed by atoms with Crippen LogP contribution in [0.15, 0.2) is 65.3 Å². The Bertz CT molecular complexity index is 882. The molecule has 0 aliphatic carbocycles. The van der Waals surface area contributed by atoms with E-state index in [4.69, 9.17) is 4.42 Å². The number of amides is 2. The van der Waals surface area contributed by atoms with Crippen LogP contribution in [-0.4, -0.2) is 29.8 Å². The Kier molecular flexibility index (Phi) is 4.84. The first kappa shape index (κ1) is 16.8. The van der Waals surface area contributed by atoms with E-state index in [-0.39, 0.29) is 11.7 Å². The lowest BCUT2D eigenvalue weighted by atomic mass is 10.0. The van der Waals surface area contributed by atoms with E-state index in [0.29, 0.717) is 6.54 Å². The molecule has 0 saturated carbocycles. The molecule has 1 N–H and O–H groups in total. The van der Waals surface area contributed by atoms with E-state index < -0.39 is 11.9 Å². The molecular formula is C20H20N2O3. The van der Waals surface area contributed by atoms with Crippen LogP contribution in [0.4, 0.5) is 0 Å². The van der Waals surface area contributed by atoms with E-state index in [9.17, 15) is 9.59 Å². The van der Waals surface area contributed by atoms with Gasteiger partial charge in [-0.05, 0) is 35.4 Å². The summed E-state index contributed by atoms with van der Waals surface area (Å²) in [5.74, 6) is -0.367.